The molecule has 7 heteroatoms. The van der Waals surface area contributed by atoms with Crippen molar-refractivity contribution in [3.8, 4) is 11.5 Å². The Hall–Kier alpha value is -2.44. The molecule has 1 heterocycles. The van der Waals surface area contributed by atoms with Gasteiger partial charge in [-0.25, -0.2) is 0 Å². The van der Waals surface area contributed by atoms with E-state index in [9.17, 15) is 9.59 Å². The summed E-state index contributed by atoms with van der Waals surface area (Å²) in [5.74, 6) is 0.862. The van der Waals surface area contributed by atoms with Crippen LogP contribution in [-0.2, 0) is 11.3 Å². The third-order valence-electron chi connectivity index (χ3n) is 3.88. The van der Waals surface area contributed by atoms with Crippen LogP contribution in [0.1, 0.15) is 11.1 Å². The SMILES string of the molecule is COc1ccc(OC)c(/C=C2/SC(=O)N(Cc3ccccc3Cl)C2=O)c1. The molecule has 134 valence electrons. The van der Waals surface area contributed by atoms with Gasteiger partial charge in [0.1, 0.15) is 11.5 Å². The first-order valence-electron chi connectivity index (χ1n) is 7.74. The number of amides is 2. The fraction of sp³-hybridized carbons (Fsp3) is 0.158. The minimum absolute atomic E-state index is 0.136. The van der Waals surface area contributed by atoms with Crippen LogP contribution >= 0.6 is 23.4 Å². The molecule has 1 saturated heterocycles. The summed E-state index contributed by atoms with van der Waals surface area (Å²) in [4.78, 5) is 26.5. The lowest BCUT2D eigenvalue weighted by Crippen LogP contribution is -2.27. The van der Waals surface area contributed by atoms with E-state index in [0.717, 1.165) is 17.3 Å². The third kappa shape index (κ3) is 3.71. The van der Waals surface area contributed by atoms with E-state index in [2.05, 4.69) is 0 Å². The van der Waals surface area contributed by atoms with Crippen molar-refractivity contribution in [2.24, 2.45) is 0 Å². The average Bonchev–Trinajstić information content (AvgIpc) is 2.90. The Kier molecular flexibility index (Phi) is 5.54. The monoisotopic (exact) mass is 389 g/mol. The highest BCUT2D eigenvalue weighted by Gasteiger charge is 2.35. The summed E-state index contributed by atoms with van der Waals surface area (Å²) in [5, 5.41) is 0.188. The average molecular weight is 390 g/mol. The third-order valence-corrected chi connectivity index (χ3v) is 5.16. The van der Waals surface area contributed by atoms with Crippen LogP contribution in [0.4, 0.5) is 4.79 Å². The van der Waals surface area contributed by atoms with Crippen molar-refractivity contribution in [3.63, 3.8) is 0 Å². The molecule has 0 radical (unpaired) electrons. The van der Waals surface area contributed by atoms with Crippen LogP contribution in [0.25, 0.3) is 6.08 Å². The number of nitrogens with zero attached hydrogens (tertiary/aromatic N) is 1. The van der Waals surface area contributed by atoms with Gasteiger partial charge in [0, 0.05) is 10.6 Å². The maximum atomic E-state index is 12.7. The van der Waals surface area contributed by atoms with Gasteiger partial charge in [0.15, 0.2) is 0 Å². The summed E-state index contributed by atoms with van der Waals surface area (Å²) >= 11 is 7.03. The molecule has 2 amide bonds. The van der Waals surface area contributed by atoms with E-state index in [1.807, 2.05) is 6.07 Å². The number of rotatable bonds is 5. The van der Waals surface area contributed by atoms with E-state index in [4.69, 9.17) is 21.1 Å². The number of methoxy groups -OCH3 is 2. The summed E-state index contributed by atoms with van der Waals surface area (Å²) in [6.07, 6.45) is 1.64. The maximum absolute atomic E-state index is 12.7. The first kappa shape index (κ1) is 18.4. The first-order valence-corrected chi connectivity index (χ1v) is 8.93. The van der Waals surface area contributed by atoms with E-state index in [-0.39, 0.29) is 17.7 Å². The van der Waals surface area contributed by atoms with Crippen LogP contribution in [0.3, 0.4) is 0 Å². The Labute approximate surface area is 160 Å². The molecule has 1 aliphatic heterocycles. The zero-order valence-corrected chi connectivity index (χ0v) is 15.8. The Morgan fingerprint density at radius 1 is 1.12 bits per heavy atom. The zero-order valence-electron chi connectivity index (χ0n) is 14.2. The molecule has 0 unspecified atom stereocenters. The first-order chi connectivity index (χ1) is 12.5. The second-order valence-electron chi connectivity index (χ2n) is 5.47. The number of carbonyl (C=O) groups excluding carboxylic acids is 2. The second kappa shape index (κ2) is 7.85. The number of halogens is 1. The number of benzene rings is 2. The number of imide groups is 1. The molecular weight excluding hydrogens is 374 g/mol. The highest BCUT2D eigenvalue weighted by Crippen LogP contribution is 2.36. The van der Waals surface area contributed by atoms with Crippen molar-refractivity contribution >= 4 is 40.6 Å². The van der Waals surface area contributed by atoms with Gasteiger partial charge in [-0.05, 0) is 47.7 Å². The highest BCUT2D eigenvalue weighted by atomic mass is 35.5. The lowest BCUT2D eigenvalue weighted by Gasteiger charge is -2.13. The van der Waals surface area contributed by atoms with Crippen LogP contribution in [0.15, 0.2) is 47.4 Å². The minimum Gasteiger partial charge on any atom is -0.497 e. The summed E-state index contributed by atoms with van der Waals surface area (Å²) in [7, 11) is 3.10. The predicted molar refractivity (Wildman–Crippen MR) is 103 cm³/mol. The van der Waals surface area contributed by atoms with Gasteiger partial charge in [0.05, 0.1) is 25.7 Å². The van der Waals surface area contributed by atoms with Crippen molar-refractivity contribution in [3.05, 3.63) is 63.5 Å². The Bertz CT molecular complexity index is 897. The number of hydrogen-bond donors (Lipinski definition) is 0. The van der Waals surface area contributed by atoms with Gasteiger partial charge in [-0.1, -0.05) is 29.8 Å². The van der Waals surface area contributed by atoms with Gasteiger partial charge in [-0.15, -0.1) is 0 Å². The molecule has 2 aromatic carbocycles. The molecule has 1 fully saturated rings. The van der Waals surface area contributed by atoms with Crippen LogP contribution in [0.5, 0.6) is 11.5 Å². The molecule has 0 aliphatic carbocycles. The van der Waals surface area contributed by atoms with E-state index < -0.39 is 0 Å². The van der Waals surface area contributed by atoms with E-state index in [1.165, 1.54) is 4.90 Å². The fourth-order valence-corrected chi connectivity index (χ4v) is 3.55. The van der Waals surface area contributed by atoms with Gasteiger partial charge in [-0.2, -0.15) is 0 Å². The molecule has 2 aromatic rings. The van der Waals surface area contributed by atoms with Crippen molar-refractivity contribution in [1.82, 2.24) is 4.90 Å². The summed E-state index contributed by atoms with van der Waals surface area (Å²) in [5.41, 5.74) is 1.38. The van der Waals surface area contributed by atoms with Gasteiger partial charge >= 0.3 is 0 Å². The summed E-state index contributed by atoms with van der Waals surface area (Å²) < 4.78 is 10.5. The summed E-state index contributed by atoms with van der Waals surface area (Å²) in [6, 6.07) is 12.4. The van der Waals surface area contributed by atoms with E-state index >= 15 is 0 Å². The topological polar surface area (TPSA) is 55.8 Å². The van der Waals surface area contributed by atoms with Crippen molar-refractivity contribution in [2.45, 2.75) is 6.54 Å². The molecule has 0 saturated carbocycles. The smallest absolute Gasteiger partial charge is 0.293 e. The van der Waals surface area contributed by atoms with Crippen LogP contribution in [-0.4, -0.2) is 30.3 Å². The number of carbonyl (C=O) groups is 2. The molecule has 26 heavy (non-hydrogen) atoms. The highest BCUT2D eigenvalue weighted by molar-refractivity contribution is 8.18. The second-order valence-corrected chi connectivity index (χ2v) is 6.87. The Morgan fingerprint density at radius 3 is 2.58 bits per heavy atom. The molecule has 0 aromatic heterocycles. The van der Waals surface area contributed by atoms with Gasteiger partial charge < -0.3 is 9.47 Å². The van der Waals surface area contributed by atoms with E-state index in [1.54, 1.807) is 56.7 Å². The van der Waals surface area contributed by atoms with Crippen LogP contribution < -0.4 is 9.47 Å². The molecule has 0 N–H and O–H groups in total. The molecule has 1 aliphatic rings. The molecule has 0 atom stereocenters. The quantitative estimate of drug-likeness (QED) is 0.700. The predicted octanol–water partition coefficient (Wildman–Crippen LogP) is 4.59. The number of thioether (sulfide) groups is 1. The molecule has 3 rings (SSSR count). The molecule has 0 bridgehead atoms. The number of hydrogen-bond acceptors (Lipinski definition) is 5. The molecular formula is C19H16ClNO4S. The van der Waals surface area contributed by atoms with Gasteiger partial charge in [0.2, 0.25) is 0 Å². The van der Waals surface area contributed by atoms with Crippen molar-refractivity contribution in [2.75, 3.05) is 14.2 Å². The molecule has 0 spiro atoms. The van der Waals surface area contributed by atoms with Crippen molar-refractivity contribution in [1.29, 1.82) is 0 Å². The lowest BCUT2D eigenvalue weighted by atomic mass is 10.1. The van der Waals surface area contributed by atoms with Crippen LogP contribution in [0, 0.1) is 0 Å². The van der Waals surface area contributed by atoms with Gasteiger partial charge in [-0.3, -0.25) is 14.5 Å². The van der Waals surface area contributed by atoms with Crippen molar-refractivity contribution < 1.29 is 19.1 Å². The van der Waals surface area contributed by atoms with Crippen LogP contribution in [0.2, 0.25) is 5.02 Å². The van der Waals surface area contributed by atoms with E-state index in [0.29, 0.717) is 27.0 Å². The Morgan fingerprint density at radius 2 is 1.88 bits per heavy atom. The summed E-state index contributed by atoms with van der Waals surface area (Å²) in [6.45, 7) is 0.136. The minimum atomic E-state index is -0.357. The lowest BCUT2D eigenvalue weighted by molar-refractivity contribution is -0.123. The standard InChI is InChI=1S/C19H16ClNO4S/c1-24-14-7-8-16(25-2)13(9-14)10-17-18(22)21(19(23)26-17)11-12-5-3-4-6-15(12)20/h3-10H,11H2,1-2H3/b17-10+. The molecule has 5 nitrogen and oxygen atoms in total. The fourth-order valence-electron chi connectivity index (χ4n) is 2.53. The van der Waals surface area contributed by atoms with Gasteiger partial charge in [0.25, 0.3) is 11.1 Å². The maximum Gasteiger partial charge on any atom is 0.293 e. The normalized spacial score (nSPS) is 15.7. The Balaban J connectivity index is 1.89. The zero-order chi connectivity index (χ0) is 18.7. The number of ether oxygens (including phenoxy) is 2. The largest absolute Gasteiger partial charge is 0.497 e.